The highest BCUT2D eigenvalue weighted by molar-refractivity contribution is 6.01. The molecule has 0 spiro atoms. The number of rotatable bonds is 4. The molecular weight excluding hydrogens is 229 g/mol. The highest BCUT2D eigenvalue weighted by Gasteiger charge is 2.19. The summed E-state index contributed by atoms with van der Waals surface area (Å²) in [6, 6.07) is 2.47. The van der Waals surface area contributed by atoms with E-state index in [1.165, 1.54) is 17.9 Å². The van der Waals surface area contributed by atoms with Gasteiger partial charge in [0.15, 0.2) is 0 Å². The molecule has 0 unspecified atom stereocenters. The van der Waals surface area contributed by atoms with Crippen LogP contribution in [0.1, 0.15) is 10.4 Å². The number of carboxylic acid groups (broad SMARTS) is 1. The third kappa shape index (κ3) is 1.96. The van der Waals surface area contributed by atoms with E-state index in [-0.39, 0.29) is 5.52 Å². The van der Waals surface area contributed by atoms with Gasteiger partial charge in [-0.05, 0) is 12.1 Å². The van der Waals surface area contributed by atoms with Crippen molar-refractivity contribution < 1.29 is 19.0 Å². The van der Waals surface area contributed by atoms with Crippen molar-refractivity contribution in [3.63, 3.8) is 0 Å². The van der Waals surface area contributed by atoms with Crippen LogP contribution in [0, 0.1) is 5.82 Å². The van der Waals surface area contributed by atoms with Gasteiger partial charge in [-0.2, -0.15) is 0 Å². The average Bonchev–Trinajstić information content (AvgIpc) is 2.68. The Morgan fingerprint density at radius 2 is 2.35 bits per heavy atom. The van der Waals surface area contributed by atoms with E-state index in [0.29, 0.717) is 18.7 Å². The normalized spacial score (nSPS) is 10.9. The molecule has 2 aromatic rings. The van der Waals surface area contributed by atoms with Crippen molar-refractivity contribution in [2.24, 2.45) is 0 Å². The Bertz CT molecular complexity index is 567. The minimum atomic E-state index is -1.34. The summed E-state index contributed by atoms with van der Waals surface area (Å²) in [4.78, 5) is 11.0. The Morgan fingerprint density at radius 1 is 1.59 bits per heavy atom. The molecule has 0 fully saturated rings. The van der Waals surface area contributed by atoms with Crippen molar-refractivity contribution in [2.75, 3.05) is 13.7 Å². The number of methoxy groups -OCH3 is 1. The smallest absolute Gasteiger partial charge is 0.340 e. The number of fused-ring (bicyclic) bond motifs is 1. The first kappa shape index (κ1) is 11.5. The molecule has 0 radical (unpaired) electrons. The van der Waals surface area contributed by atoms with E-state index < -0.39 is 17.3 Å². The fourth-order valence-corrected chi connectivity index (χ4v) is 1.58. The van der Waals surface area contributed by atoms with E-state index in [2.05, 4.69) is 10.3 Å². The second-order valence-corrected chi connectivity index (χ2v) is 3.40. The molecule has 90 valence electrons. The summed E-state index contributed by atoms with van der Waals surface area (Å²) < 4.78 is 19.7. The van der Waals surface area contributed by atoms with Gasteiger partial charge in [-0.3, -0.25) is 0 Å². The van der Waals surface area contributed by atoms with Crippen molar-refractivity contribution in [3.05, 3.63) is 23.5 Å². The quantitative estimate of drug-likeness (QED) is 0.858. The van der Waals surface area contributed by atoms with Crippen LogP contribution in [0.5, 0.6) is 0 Å². The Kier molecular flexibility index (Phi) is 3.01. The fraction of sp³-hybridized carbons (Fsp3) is 0.300. The summed E-state index contributed by atoms with van der Waals surface area (Å²) in [6.45, 7) is 0.658. The number of ether oxygens (including phenoxy) is 1. The molecule has 0 saturated heterocycles. The van der Waals surface area contributed by atoms with E-state index in [1.807, 2.05) is 0 Å². The van der Waals surface area contributed by atoms with Crippen LogP contribution in [0.25, 0.3) is 11.0 Å². The van der Waals surface area contributed by atoms with Gasteiger partial charge < -0.3 is 9.84 Å². The first-order chi connectivity index (χ1) is 8.15. The van der Waals surface area contributed by atoms with Crippen molar-refractivity contribution in [1.82, 2.24) is 15.0 Å². The van der Waals surface area contributed by atoms with Gasteiger partial charge in [-0.1, -0.05) is 5.21 Å². The number of benzene rings is 1. The number of hydrogen-bond donors (Lipinski definition) is 1. The van der Waals surface area contributed by atoms with Crippen molar-refractivity contribution in [3.8, 4) is 0 Å². The largest absolute Gasteiger partial charge is 0.478 e. The van der Waals surface area contributed by atoms with Gasteiger partial charge in [0.05, 0.1) is 13.2 Å². The van der Waals surface area contributed by atoms with E-state index in [4.69, 9.17) is 9.84 Å². The summed E-state index contributed by atoms with van der Waals surface area (Å²) in [5, 5.41) is 16.5. The summed E-state index contributed by atoms with van der Waals surface area (Å²) in [6.07, 6.45) is 0. The SMILES string of the molecule is COCCn1nnc2ccc(F)c(C(=O)O)c21. The first-order valence-electron chi connectivity index (χ1n) is 4.89. The molecular formula is C10H10FN3O3. The van der Waals surface area contributed by atoms with Crippen LogP contribution in [0.15, 0.2) is 12.1 Å². The predicted molar refractivity (Wildman–Crippen MR) is 56.3 cm³/mol. The molecule has 0 amide bonds. The van der Waals surface area contributed by atoms with Crippen LogP contribution in [-0.2, 0) is 11.3 Å². The summed E-state index contributed by atoms with van der Waals surface area (Å²) in [5.74, 6) is -2.14. The number of carbonyl (C=O) groups is 1. The van der Waals surface area contributed by atoms with E-state index >= 15 is 0 Å². The monoisotopic (exact) mass is 239 g/mol. The van der Waals surface area contributed by atoms with Crippen LogP contribution >= 0.6 is 0 Å². The summed E-state index contributed by atoms with van der Waals surface area (Å²) in [7, 11) is 1.51. The maximum atomic E-state index is 13.5. The molecule has 0 saturated carbocycles. The number of aromatic nitrogens is 3. The average molecular weight is 239 g/mol. The zero-order valence-corrected chi connectivity index (χ0v) is 9.05. The molecule has 6 nitrogen and oxygen atoms in total. The molecule has 1 N–H and O–H groups in total. The standard InChI is InChI=1S/C10H10FN3O3/c1-17-5-4-14-9-7(12-13-14)3-2-6(11)8(9)10(15)16/h2-3H,4-5H2,1H3,(H,15,16). The fourth-order valence-electron chi connectivity index (χ4n) is 1.58. The van der Waals surface area contributed by atoms with E-state index in [0.717, 1.165) is 6.07 Å². The Labute approximate surface area is 95.6 Å². The summed E-state index contributed by atoms with van der Waals surface area (Å²) >= 11 is 0. The first-order valence-corrected chi connectivity index (χ1v) is 4.89. The molecule has 2 rings (SSSR count). The van der Waals surface area contributed by atoms with Gasteiger partial charge in [0.1, 0.15) is 22.4 Å². The number of halogens is 1. The molecule has 7 heteroatoms. The van der Waals surface area contributed by atoms with Gasteiger partial charge in [0, 0.05) is 7.11 Å². The van der Waals surface area contributed by atoms with Crippen molar-refractivity contribution in [1.29, 1.82) is 0 Å². The van der Waals surface area contributed by atoms with Gasteiger partial charge in [0.2, 0.25) is 0 Å². The lowest BCUT2D eigenvalue weighted by Gasteiger charge is -2.04. The molecule has 1 aromatic heterocycles. The van der Waals surface area contributed by atoms with Gasteiger partial charge >= 0.3 is 5.97 Å². The molecule has 0 aliphatic rings. The predicted octanol–water partition coefficient (Wildman–Crippen LogP) is 0.915. The number of hydrogen-bond acceptors (Lipinski definition) is 4. The summed E-state index contributed by atoms with van der Waals surface area (Å²) in [5.41, 5.74) is 0.109. The third-order valence-corrected chi connectivity index (χ3v) is 2.35. The molecule has 0 atom stereocenters. The Balaban J connectivity index is 2.63. The maximum absolute atomic E-state index is 13.5. The molecule has 17 heavy (non-hydrogen) atoms. The minimum absolute atomic E-state index is 0.176. The van der Waals surface area contributed by atoms with Crippen LogP contribution in [0.4, 0.5) is 4.39 Å². The second kappa shape index (κ2) is 4.46. The van der Waals surface area contributed by atoms with Crippen LogP contribution in [0.2, 0.25) is 0 Å². The van der Waals surface area contributed by atoms with Crippen molar-refractivity contribution in [2.45, 2.75) is 6.54 Å². The van der Waals surface area contributed by atoms with Crippen LogP contribution < -0.4 is 0 Å². The lowest BCUT2D eigenvalue weighted by molar-refractivity contribution is 0.0693. The number of aromatic carboxylic acids is 1. The van der Waals surface area contributed by atoms with Gasteiger partial charge in [-0.25, -0.2) is 13.9 Å². The molecule has 0 bridgehead atoms. The van der Waals surface area contributed by atoms with Crippen molar-refractivity contribution >= 4 is 17.0 Å². The zero-order chi connectivity index (χ0) is 12.4. The zero-order valence-electron chi connectivity index (χ0n) is 9.05. The van der Waals surface area contributed by atoms with E-state index in [9.17, 15) is 9.18 Å². The topological polar surface area (TPSA) is 77.2 Å². The second-order valence-electron chi connectivity index (χ2n) is 3.40. The Morgan fingerprint density at radius 3 is 3.00 bits per heavy atom. The van der Waals surface area contributed by atoms with Crippen LogP contribution in [-0.4, -0.2) is 39.8 Å². The van der Waals surface area contributed by atoms with Gasteiger partial charge in [0.25, 0.3) is 0 Å². The minimum Gasteiger partial charge on any atom is -0.478 e. The lowest BCUT2D eigenvalue weighted by atomic mass is 10.1. The van der Waals surface area contributed by atoms with Crippen LogP contribution in [0.3, 0.4) is 0 Å². The number of carboxylic acids is 1. The Hall–Kier alpha value is -2.02. The number of nitrogens with zero attached hydrogens (tertiary/aromatic N) is 3. The third-order valence-electron chi connectivity index (χ3n) is 2.35. The highest BCUT2D eigenvalue weighted by atomic mass is 19.1. The molecule has 1 heterocycles. The lowest BCUT2D eigenvalue weighted by Crippen LogP contribution is -2.10. The highest BCUT2D eigenvalue weighted by Crippen LogP contribution is 2.19. The van der Waals surface area contributed by atoms with E-state index in [1.54, 1.807) is 0 Å². The molecule has 0 aliphatic heterocycles. The van der Waals surface area contributed by atoms with Gasteiger partial charge in [-0.15, -0.1) is 5.10 Å². The maximum Gasteiger partial charge on any atom is 0.340 e. The molecule has 1 aromatic carbocycles. The molecule has 0 aliphatic carbocycles.